The number of amides is 1. The number of hydrogen-bond acceptors (Lipinski definition) is 7. The van der Waals surface area contributed by atoms with E-state index >= 15 is 0 Å². The summed E-state index contributed by atoms with van der Waals surface area (Å²) in [4.78, 5) is 14.4. The number of nitrogens with one attached hydrogen (secondary N) is 1. The first-order valence-corrected chi connectivity index (χ1v) is 9.56. The molecular weight excluding hydrogens is 352 g/mol. The summed E-state index contributed by atoms with van der Waals surface area (Å²) < 4.78 is 7.67. The molecule has 1 N–H and O–H groups in total. The van der Waals surface area contributed by atoms with Gasteiger partial charge in [-0.1, -0.05) is 0 Å². The van der Waals surface area contributed by atoms with E-state index in [2.05, 4.69) is 25.5 Å². The third-order valence-electron chi connectivity index (χ3n) is 5.22. The van der Waals surface area contributed by atoms with Crippen LogP contribution in [0.1, 0.15) is 10.4 Å². The average molecular weight is 370 g/mol. The van der Waals surface area contributed by atoms with Gasteiger partial charge in [0.05, 0.1) is 12.7 Å². The molecule has 0 unspecified atom stereocenters. The van der Waals surface area contributed by atoms with Gasteiger partial charge in [0.2, 0.25) is 0 Å². The van der Waals surface area contributed by atoms with Gasteiger partial charge in [0, 0.05) is 42.4 Å². The molecule has 134 valence electrons. The summed E-state index contributed by atoms with van der Waals surface area (Å²) in [6.45, 7) is 3.04. The van der Waals surface area contributed by atoms with E-state index in [1.165, 1.54) is 11.3 Å². The van der Waals surface area contributed by atoms with Crippen LogP contribution >= 0.6 is 11.3 Å². The standard InChI is InChI=1S/C17H18N6O2S/c24-17(11-3-4-26-9-11)18-5-12-8-25-14-7-22(6-13(12)14)16-2-1-15-20-19-10-23(15)21-16/h1-4,9-10,12-14H,5-8H2,(H,18,24)/t12-,13-,14-/m1/s1. The summed E-state index contributed by atoms with van der Waals surface area (Å²) in [6, 6.07) is 5.74. The minimum absolute atomic E-state index is 0.00993. The van der Waals surface area contributed by atoms with E-state index in [1.54, 1.807) is 10.8 Å². The van der Waals surface area contributed by atoms with E-state index in [4.69, 9.17) is 4.74 Å². The van der Waals surface area contributed by atoms with Crippen LogP contribution in [0.15, 0.2) is 35.3 Å². The lowest BCUT2D eigenvalue weighted by Crippen LogP contribution is -2.34. The Balaban J connectivity index is 1.24. The van der Waals surface area contributed by atoms with Crippen molar-refractivity contribution in [2.45, 2.75) is 6.10 Å². The molecule has 2 fully saturated rings. The molecule has 3 atom stereocenters. The molecular formula is C17H18N6O2S. The van der Waals surface area contributed by atoms with Crippen LogP contribution in [0.4, 0.5) is 5.82 Å². The first-order valence-electron chi connectivity index (χ1n) is 8.62. The van der Waals surface area contributed by atoms with E-state index in [0.29, 0.717) is 25.0 Å². The number of rotatable bonds is 4. The number of thiophene rings is 1. The van der Waals surface area contributed by atoms with E-state index < -0.39 is 0 Å². The molecule has 2 aliphatic heterocycles. The molecule has 0 bridgehead atoms. The molecule has 5 rings (SSSR count). The topological polar surface area (TPSA) is 84.6 Å². The highest BCUT2D eigenvalue weighted by molar-refractivity contribution is 7.08. The van der Waals surface area contributed by atoms with Crippen molar-refractivity contribution in [1.82, 2.24) is 25.1 Å². The summed E-state index contributed by atoms with van der Waals surface area (Å²) >= 11 is 1.53. The first-order chi connectivity index (χ1) is 12.8. The molecule has 1 amide bonds. The zero-order valence-electron chi connectivity index (χ0n) is 14.0. The van der Waals surface area contributed by atoms with Crippen LogP contribution in [0.3, 0.4) is 0 Å². The fraction of sp³-hybridized carbons (Fsp3) is 0.412. The zero-order chi connectivity index (χ0) is 17.5. The molecule has 0 radical (unpaired) electrons. The maximum Gasteiger partial charge on any atom is 0.252 e. The Kier molecular flexibility index (Phi) is 3.83. The Morgan fingerprint density at radius 1 is 1.35 bits per heavy atom. The lowest BCUT2D eigenvalue weighted by atomic mass is 9.93. The minimum atomic E-state index is -0.00993. The molecule has 0 aromatic carbocycles. The van der Waals surface area contributed by atoms with Gasteiger partial charge >= 0.3 is 0 Å². The Bertz CT molecular complexity index is 926. The highest BCUT2D eigenvalue weighted by Gasteiger charge is 2.44. The van der Waals surface area contributed by atoms with Crippen LogP contribution in [0.25, 0.3) is 5.65 Å². The number of nitrogens with zero attached hydrogens (tertiary/aromatic N) is 5. The number of carbonyl (C=O) groups excluding carboxylic acids is 1. The van der Waals surface area contributed by atoms with Gasteiger partial charge in [0.15, 0.2) is 5.65 Å². The molecule has 9 heteroatoms. The van der Waals surface area contributed by atoms with Crippen LogP contribution in [0, 0.1) is 11.8 Å². The van der Waals surface area contributed by atoms with Crippen molar-refractivity contribution in [3.8, 4) is 0 Å². The van der Waals surface area contributed by atoms with Gasteiger partial charge in [-0.25, -0.2) is 0 Å². The molecule has 26 heavy (non-hydrogen) atoms. The normalized spacial score (nSPS) is 24.9. The Morgan fingerprint density at radius 2 is 2.31 bits per heavy atom. The van der Waals surface area contributed by atoms with Crippen molar-refractivity contribution in [2.24, 2.45) is 11.8 Å². The summed E-state index contributed by atoms with van der Waals surface area (Å²) in [5.41, 5.74) is 1.46. The van der Waals surface area contributed by atoms with Crippen molar-refractivity contribution in [3.05, 3.63) is 40.8 Å². The van der Waals surface area contributed by atoms with Crippen LogP contribution in [0.2, 0.25) is 0 Å². The molecule has 3 aromatic heterocycles. The number of carbonyl (C=O) groups is 1. The number of hydrogen-bond donors (Lipinski definition) is 1. The fourth-order valence-corrected chi connectivity index (χ4v) is 4.44. The van der Waals surface area contributed by atoms with Crippen molar-refractivity contribution in [1.29, 1.82) is 0 Å². The second-order valence-electron chi connectivity index (χ2n) is 6.75. The predicted molar refractivity (Wildman–Crippen MR) is 96.4 cm³/mol. The Morgan fingerprint density at radius 3 is 3.19 bits per heavy atom. The number of ether oxygens (including phenoxy) is 1. The highest BCUT2D eigenvalue weighted by atomic mass is 32.1. The molecule has 2 saturated heterocycles. The molecule has 3 aromatic rings. The molecule has 0 spiro atoms. The summed E-state index contributed by atoms with van der Waals surface area (Å²) in [7, 11) is 0. The van der Waals surface area contributed by atoms with Crippen molar-refractivity contribution in [2.75, 3.05) is 31.1 Å². The lowest BCUT2D eigenvalue weighted by molar-refractivity contribution is 0.0940. The SMILES string of the molecule is O=C(NC[C@@H]1CO[C@@H]2CN(c3ccc4nncn4n3)C[C@H]12)c1ccsc1. The second kappa shape index (κ2) is 6.33. The van der Waals surface area contributed by atoms with Gasteiger partial charge in [0.1, 0.15) is 12.1 Å². The van der Waals surface area contributed by atoms with E-state index in [9.17, 15) is 4.79 Å². The maximum absolute atomic E-state index is 12.2. The predicted octanol–water partition coefficient (Wildman–Crippen LogP) is 1.07. The Hall–Kier alpha value is -2.52. The Labute approximate surface area is 153 Å². The zero-order valence-corrected chi connectivity index (χ0v) is 14.8. The van der Waals surface area contributed by atoms with Gasteiger partial charge in [-0.15, -0.1) is 15.3 Å². The quantitative estimate of drug-likeness (QED) is 0.739. The smallest absolute Gasteiger partial charge is 0.252 e. The van der Waals surface area contributed by atoms with E-state index in [1.807, 2.05) is 29.0 Å². The average Bonchev–Trinajstić information content (AvgIpc) is 3.43. The molecule has 5 heterocycles. The van der Waals surface area contributed by atoms with Gasteiger partial charge in [-0.05, 0) is 23.6 Å². The summed E-state index contributed by atoms with van der Waals surface area (Å²) in [5, 5.41) is 19.3. The van der Waals surface area contributed by atoms with Crippen LogP contribution in [-0.4, -0.2) is 58.1 Å². The summed E-state index contributed by atoms with van der Waals surface area (Å²) in [6.07, 6.45) is 1.80. The monoisotopic (exact) mass is 370 g/mol. The lowest BCUT2D eigenvalue weighted by Gasteiger charge is -2.20. The number of fused-ring (bicyclic) bond motifs is 2. The molecule has 0 aliphatic carbocycles. The molecule has 0 saturated carbocycles. The molecule has 8 nitrogen and oxygen atoms in total. The van der Waals surface area contributed by atoms with Crippen molar-refractivity contribution in [3.63, 3.8) is 0 Å². The van der Waals surface area contributed by atoms with E-state index in [0.717, 1.165) is 30.1 Å². The van der Waals surface area contributed by atoms with Crippen LogP contribution in [0.5, 0.6) is 0 Å². The van der Waals surface area contributed by atoms with Crippen LogP contribution < -0.4 is 10.2 Å². The third kappa shape index (κ3) is 2.73. The van der Waals surface area contributed by atoms with Gasteiger partial charge in [-0.3, -0.25) is 4.79 Å². The first kappa shape index (κ1) is 15.7. The van der Waals surface area contributed by atoms with Gasteiger partial charge in [0.25, 0.3) is 5.91 Å². The van der Waals surface area contributed by atoms with Gasteiger partial charge < -0.3 is 15.0 Å². The number of aromatic nitrogens is 4. The largest absolute Gasteiger partial charge is 0.376 e. The molecule has 2 aliphatic rings. The van der Waals surface area contributed by atoms with Crippen molar-refractivity contribution < 1.29 is 9.53 Å². The fourth-order valence-electron chi connectivity index (χ4n) is 3.80. The third-order valence-corrected chi connectivity index (χ3v) is 5.90. The maximum atomic E-state index is 12.2. The van der Waals surface area contributed by atoms with Gasteiger partial charge in [-0.2, -0.15) is 15.9 Å². The van der Waals surface area contributed by atoms with Crippen molar-refractivity contribution >= 4 is 28.7 Å². The van der Waals surface area contributed by atoms with E-state index in [-0.39, 0.29) is 12.0 Å². The van der Waals surface area contributed by atoms with Crippen LogP contribution in [-0.2, 0) is 4.74 Å². The highest BCUT2D eigenvalue weighted by Crippen LogP contribution is 2.35. The number of anilines is 1. The second-order valence-corrected chi connectivity index (χ2v) is 7.53. The minimum Gasteiger partial charge on any atom is -0.376 e. The summed E-state index contributed by atoms with van der Waals surface area (Å²) in [5.74, 6) is 1.61.